The Morgan fingerprint density at radius 3 is 2.57 bits per heavy atom. The van der Waals surface area contributed by atoms with E-state index in [9.17, 15) is 4.79 Å². The summed E-state index contributed by atoms with van der Waals surface area (Å²) in [4.78, 5) is 17.5. The van der Waals surface area contributed by atoms with Crippen LogP contribution in [0.4, 0.5) is 0 Å². The Morgan fingerprint density at radius 1 is 0.967 bits per heavy atom. The third kappa shape index (κ3) is 5.37. The standard InChI is InChI=1S/C24H27BrN4O/c25-22-9-11-23(12-10-22)29-19-21(18-26-29)24(30)28-15-5-14-27(16-17-28)13-4-8-20-6-2-1-3-7-20/h1-3,6-7,9-12,18-19H,4-5,8,13-17H2. The lowest BCUT2D eigenvalue weighted by atomic mass is 10.1. The summed E-state index contributed by atoms with van der Waals surface area (Å²) in [6, 6.07) is 18.5. The molecule has 2 aromatic carbocycles. The van der Waals surface area contributed by atoms with E-state index >= 15 is 0 Å². The molecule has 0 N–H and O–H groups in total. The molecule has 0 saturated carbocycles. The van der Waals surface area contributed by atoms with Gasteiger partial charge in [0.05, 0.1) is 17.4 Å². The molecule has 1 fully saturated rings. The summed E-state index contributed by atoms with van der Waals surface area (Å²) in [6.07, 6.45) is 6.77. The van der Waals surface area contributed by atoms with Crippen molar-refractivity contribution in [1.82, 2.24) is 19.6 Å². The first-order chi connectivity index (χ1) is 14.7. The van der Waals surface area contributed by atoms with Crippen LogP contribution in [0.25, 0.3) is 5.69 Å². The Bertz CT molecular complexity index is 955. The van der Waals surface area contributed by atoms with Gasteiger partial charge in [0, 0.05) is 30.3 Å². The average molecular weight is 467 g/mol. The molecule has 1 aliphatic heterocycles. The van der Waals surface area contributed by atoms with Gasteiger partial charge in [0.25, 0.3) is 5.91 Å². The zero-order valence-corrected chi connectivity index (χ0v) is 18.7. The van der Waals surface area contributed by atoms with Crippen LogP contribution in [-0.4, -0.2) is 58.2 Å². The molecule has 1 saturated heterocycles. The van der Waals surface area contributed by atoms with Gasteiger partial charge in [-0.05, 0) is 62.2 Å². The third-order valence-corrected chi connectivity index (χ3v) is 6.11. The molecular weight excluding hydrogens is 440 g/mol. The molecule has 0 radical (unpaired) electrons. The highest BCUT2D eigenvalue weighted by molar-refractivity contribution is 9.10. The fraction of sp³-hybridized carbons (Fsp3) is 0.333. The number of halogens is 1. The molecule has 0 unspecified atom stereocenters. The molecular formula is C24H27BrN4O. The maximum absolute atomic E-state index is 13.0. The highest BCUT2D eigenvalue weighted by atomic mass is 79.9. The summed E-state index contributed by atoms with van der Waals surface area (Å²) in [5, 5.41) is 4.38. The summed E-state index contributed by atoms with van der Waals surface area (Å²) in [6.45, 7) is 4.64. The van der Waals surface area contributed by atoms with E-state index in [1.165, 1.54) is 5.56 Å². The second-order valence-corrected chi connectivity index (χ2v) is 8.64. The van der Waals surface area contributed by atoms with Crippen LogP contribution in [0.5, 0.6) is 0 Å². The largest absolute Gasteiger partial charge is 0.337 e. The second-order valence-electron chi connectivity index (χ2n) is 7.73. The minimum absolute atomic E-state index is 0.0736. The third-order valence-electron chi connectivity index (χ3n) is 5.58. The van der Waals surface area contributed by atoms with Gasteiger partial charge in [-0.3, -0.25) is 4.79 Å². The fourth-order valence-corrected chi connectivity index (χ4v) is 4.16. The lowest BCUT2D eigenvalue weighted by Gasteiger charge is -2.21. The number of hydrogen-bond donors (Lipinski definition) is 0. The van der Waals surface area contributed by atoms with Gasteiger partial charge in [-0.2, -0.15) is 5.10 Å². The van der Waals surface area contributed by atoms with E-state index < -0.39 is 0 Å². The monoisotopic (exact) mass is 466 g/mol. The zero-order valence-electron chi connectivity index (χ0n) is 17.1. The number of benzene rings is 2. The van der Waals surface area contributed by atoms with Gasteiger partial charge in [0.15, 0.2) is 0 Å². The van der Waals surface area contributed by atoms with E-state index in [4.69, 9.17) is 0 Å². The predicted molar refractivity (Wildman–Crippen MR) is 123 cm³/mol. The smallest absolute Gasteiger partial charge is 0.257 e. The van der Waals surface area contributed by atoms with Crippen LogP contribution in [0.15, 0.2) is 71.5 Å². The molecule has 30 heavy (non-hydrogen) atoms. The predicted octanol–water partition coefficient (Wildman–Crippen LogP) is 4.42. The lowest BCUT2D eigenvalue weighted by molar-refractivity contribution is 0.0761. The van der Waals surface area contributed by atoms with Crippen LogP contribution < -0.4 is 0 Å². The minimum atomic E-state index is 0.0736. The van der Waals surface area contributed by atoms with Crippen LogP contribution in [0, 0.1) is 0 Å². The summed E-state index contributed by atoms with van der Waals surface area (Å²) in [7, 11) is 0. The SMILES string of the molecule is O=C(c1cnn(-c2ccc(Br)cc2)c1)N1CCCN(CCCc2ccccc2)CC1. The molecule has 1 aliphatic rings. The Labute approximate surface area is 186 Å². The molecule has 0 atom stereocenters. The average Bonchev–Trinajstić information content (AvgIpc) is 3.15. The minimum Gasteiger partial charge on any atom is -0.337 e. The van der Waals surface area contributed by atoms with Gasteiger partial charge < -0.3 is 9.80 Å². The van der Waals surface area contributed by atoms with Gasteiger partial charge in [-0.1, -0.05) is 46.3 Å². The molecule has 0 spiro atoms. The molecule has 6 heteroatoms. The van der Waals surface area contributed by atoms with Crippen LogP contribution in [-0.2, 0) is 6.42 Å². The van der Waals surface area contributed by atoms with E-state index in [1.807, 2.05) is 35.4 Å². The summed E-state index contributed by atoms with van der Waals surface area (Å²) in [5.41, 5.74) is 2.99. The van der Waals surface area contributed by atoms with Gasteiger partial charge in [0.1, 0.15) is 0 Å². The fourth-order valence-electron chi connectivity index (χ4n) is 3.90. The van der Waals surface area contributed by atoms with E-state index in [-0.39, 0.29) is 5.91 Å². The van der Waals surface area contributed by atoms with Gasteiger partial charge in [0.2, 0.25) is 0 Å². The lowest BCUT2D eigenvalue weighted by Crippen LogP contribution is -2.35. The molecule has 1 amide bonds. The first kappa shape index (κ1) is 20.8. The first-order valence-electron chi connectivity index (χ1n) is 10.6. The van der Waals surface area contributed by atoms with Crippen molar-refractivity contribution in [2.45, 2.75) is 19.3 Å². The highest BCUT2D eigenvalue weighted by Crippen LogP contribution is 2.15. The van der Waals surface area contributed by atoms with Gasteiger partial charge in [-0.25, -0.2) is 4.68 Å². The van der Waals surface area contributed by atoms with Gasteiger partial charge >= 0.3 is 0 Å². The van der Waals surface area contributed by atoms with Crippen molar-refractivity contribution in [1.29, 1.82) is 0 Å². The summed E-state index contributed by atoms with van der Waals surface area (Å²) >= 11 is 3.44. The number of amides is 1. The molecule has 4 rings (SSSR count). The summed E-state index contributed by atoms with van der Waals surface area (Å²) in [5.74, 6) is 0.0736. The molecule has 5 nitrogen and oxygen atoms in total. The van der Waals surface area contributed by atoms with E-state index in [0.717, 1.165) is 62.1 Å². The number of rotatable bonds is 6. The quantitative estimate of drug-likeness (QED) is 0.539. The van der Waals surface area contributed by atoms with Crippen LogP contribution in [0.1, 0.15) is 28.8 Å². The van der Waals surface area contributed by atoms with Crippen LogP contribution >= 0.6 is 15.9 Å². The molecule has 0 aliphatic carbocycles. The number of carbonyl (C=O) groups is 1. The number of aromatic nitrogens is 2. The molecule has 3 aromatic rings. The van der Waals surface area contributed by atoms with E-state index in [0.29, 0.717) is 5.56 Å². The first-order valence-corrected chi connectivity index (χ1v) is 11.3. The van der Waals surface area contributed by atoms with Crippen molar-refractivity contribution >= 4 is 21.8 Å². The number of hydrogen-bond acceptors (Lipinski definition) is 3. The van der Waals surface area contributed by atoms with Crippen molar-refractivity contribution in [3.05, 3.63) is 82.6 Å². The van der Waals surface area contributed by atoms with Crippen molar-refractivity contribution in [2.24, 2.45) is 0 Å². The summed E-state index contributed by atoms with van der Waals surface area (Å²) < 4.78 is 2.78. The van der Waals surface area contributed by atoms with E-state index in [1.54, 1.807) is 10.9 Å². The Morgan fingerprint density at radius 2 is 1.77 bits per heavy atom. The van der Waals surface area contributed by atoms with E-state index in [2.05, 4.69) is 56.3 Å². The Kier molecular flexibility index (Phi) is 6.97. The molecule has 0 bridgehead atoms. The molecule has 1 aromatic heterocycles. The molecule has 156 valence electrons. The van der Waals surface area contributed by atoms with Crippen molar-refractivity contribution < 1.29 is 4.79 Å². The second kappa shape index (κ2) is 10.0. The maximum Gasteiger partial charge on any atom is 0.257 e. The van der Waals surface area contributed by atoms with Crippen LogP contribution in [0.3, 0.4) is 0 Å². The van der Waals surface area contributed by atoms with Crippen molar-refractivity contribution in [3.8, 4) is 5.69 Å². The Balaban J connectivity index is 1.29. The number of nitrogens with zero attached hydrogens (tertiary/aromatic N) is 4. The van der Waals surface area contributed by atoms with Crippen molar-refractivity contribution in [3.63, 3.8) is 0 Å². The zero-order chi connectivity index (χ0) is 20.8. The number of carbonyl (C=O) groups excluding carboxylic acids is 1. The number of aryl methyl sites for hydroxylation is 1. The maximum atomic E-state index is 13.0. The normalized spacial score (nSPS) is 15.2. The van der Waals surface area contributed by atoms with Crippen LogP contribution in [0.2, 0.25) is 0 Å². The van der Waals surface area contributed by atoms with Gasteiger partial charge in [-0.15, -0.1) is 0 Å². The highest BCUT2D eigenvalue weighted by Gasteiger charge is 2.21. The Hall–Kier alpha value is -2.44. The topological polar surface area (TPSA) is 41.4 Å². The van der Waals surface area contributed by atoms with Crippen molar-refractivity contribution in [2.75, 3.05) is 32.7 Å². The molecule has 2 heterocycles.